The molecule has 0 spiro atoms. The first-order valence-corrected chi connectivity index (χ1v) is 10.7. The standard InChI is InChI=1S/C25H29N3O2/c1-18-7-6-14-28(17-18)24-16-22(21-10-3-4-11-23(21)27-24)25(29)26-13-12-19-8-5-9-20(15-19)30-2/h3-5,8-11,15-16,18H,6-7,12-14,17H2,1-2H3,(H,26,29)/t18-/m1/s1. The number of nitrogens with one attached hydrogen (secondary N) is 1. The summed E-state index contributed by atoms with van der Waals surface area (Å²) >= 11 is 0. The Morgan fingerprint density at radius 3 is 2.90 bits per heavy atom. The number of aromatic nitrogens is 1. The van der Waals surface area contributed by atoms with Crippen molar-refractivity contribution < 1.29 is 9.53 Å². The maximum absolute atomic E-state index is 13.1. The molecule has 30 heavy (non-hydrogen) atoms. The quantitative estimate of drug-likeness (QED) is 0.661. The van der Waals surface area contributed by atoms with Crippen molar-refractivity contribution in [3.05, 3.63) is 65.7 Å². The summed E-state index contributed by atoms with van der Waals surface area (Å²) in [6.45, 7) is 4.83. The van der Waals surface area contributed by atoms with Crippen LogP contribution in [0.4, 0.5) is 5.82 Å². The molecule has 1 aliphatic heterocycles. The van der Waals surface area contributed by atoms with Gasteiger partial charge in [0, 0.05) is 25.0 Å². The van der Waals surface area contributed by atoms with E-state index in [-0.39, 0.29) is 5.91 Å². The number of carbonyl (C=O) groups is 1. The normalized spacial score (nSPS) is 16.5. The van der Waals surface area contributed by atoms with Gasteiger partial charge in [-0.3, -0.25) is 4.79 Å². The van der Waals surface area contributed by atoms with Gasteiger partial charge in [0.2, 0.25) is 0 Å². The van der Waals surface area contributed by atoms with E-state index in [9.17, 15) is 4.79 Å². The molecule has 0 radical (unpaired) electrons. The summed E-state index contributed by atoms with van der Waals surface area (Å²) in [5, 5.41) is 3.98. The molecule has 1 fully saturated rings. The molecule has 1 amide bonds. The Labute approximate surface area is 178 Å². The molecular weight excluding hydrogens is 374 g/mol. The number of nitrogens with zero attached hydrogens (tertiary/aromatic N) is 2. The molecular formula is C25H29N3O2. The first-order valence-electron chi connectivity index (χ1n) is 10.7. The van der Waals surface area contributed by atoms with Gasteiger partial charge in [-0.2, -0.15) is 0 Å². The van der Waals surface area contributed by atoms with Gasteiger partial charge < -0.3 is 15.0 Å². The molecule has 1 aliphatic rings. The molecule has 5 heteroatoms. The van der Waals surface area contributed by atoms with E-state index in [1.807, 2.05) is 54.6 Å². The third kappa shape index (κ3) is 4.56. The van der Waals surface area contributed by atoms with Gasteiger partial charge in [-0.15, -0.1) is 0 Å². The van der Waals surface area contributed by atoms with Gasteiger partial charge in [0.1, 0.15) is 11.6 Å². The Kier molecular flexibility index (Phi) is 6.17. The van der Waals surface area contributed by atoms with Crippen LogP contribution in [0.2, 0.25) is 0 Å². The van der Waals surface area contributed by atoms with E-state index in [4.69, 9.17) is 9.72 Å². The lowest BCUT2D eigenvalue weighted by Crippen LogP contribution is -2.35. The second-order valence-electron chi connectivity index (χ2n) is 8.10. The number of piperidine rings is 1. The van der Waals surface area contributed by atoms with Gasteiger partial charge in [0.25, 0.3) is 5.91 Å². The molecule has 1 saturated heterocycles. The number of hydrogen-bond acceptors (Lipinski definition) is 4. The van der Waals surface area contributed by atoms with Crippen LogP contribution >= 0.6 is 0 Å². The Balaban J connectivity index is 1.53. The van der Waals surface area contributed by atoms with Crippen molar-refractivity contribution >= 4 is 22.6 Å². The fourth-order valence-corrected chi connectivity index (χ4v) is 4.15. The van der Waals surface area contributed by atoms with Gasteiger partial charge in [-0.05, 0) is 55.0 Å². The van der Waals surface area contributed by atoms with Crippen LogP contribution in [0.5, 0.6) is 5.75 Å². The molecule has 4 rings (SSSR count). The summed E-state index contributed by atoms with van der Waals surface area (Å²) in [4.78, 5) is 20.3. The Bertz CT molecular complexity index is 1030. The number of hydrogen-bond donors (Lipinski definition) is 1. The Hall–Kier alpha value is -3.08. The van der Waals surface area contributed by atoms with Gasteiger partial charge in [-0.25, -0.2) is 4.98 Å². The van der Waals surface area contributed by atoms with E-state index in [1.54, 1.807) is 7.11 Å². The average molecular weight is 404 g/mol. The zero-order chi connectivity index (χ0) is 20.9. The van der Waals surface area contributed by atoms with Crippen molar-refractivity contribution in [2.75, 3.05) is 31.6 Å². The minimum absolute atomic E-state index is 0.0530. The monoisotopic (exact) mass is 403 g/mol. The molecule has 156 valence electrons. The summed E-state index contributed by atoms with van der Waals surface area (Å²) in [6.07, 6.45) is 3.17. The van der Waals surface area contributed by atoms with Crippen molar-refractivity contribution in [1.29, 1.82) is 0 Å². The molecule has 0 saturated carbocycles. The summed E-state index contributed by atoms with van der Waals surface area (Å²) in [7, 11) is 1.66. The molecule has 2 heterocycles. The fourth-order valence-electron chi connectivity index (χ4n) is 4.15. The summed E-state index contributed by atoms with van der Waals surface area (Å²) in [6, 6.07) is 17.8. The van der Waals surface area contributed by atoms with Crippen LogP contribution in [0.15, 0.2) is 54.6 Å². The summed E-state index contributed by atoms with van der Waals surface area (Å²) in [5.74, 6) is 2.33. The smallest absolute Gasteiger partial charge is 0.252 e. The van der Waals surface area contributed by atoms with Crippen molar-refractivity contribution in [1.82, 2.24) is 10.3 Å². The number of amides is 1. The predicted octanol–water partition coefficient (Wildman–Crippen LogP) is 4.45. The Morgan fingerprint density at radius 2 is 2.07 bits per heavy atom. The molecule has 1 atom stereocenters. The lowest BCUT2D eigenvalue weighted by molar-refractivity contribution is 0.0955. The van der Waals surface area contributed by atoms with Gasteiger partial charge in [-0.1, -0.05) is 37.3 Å². The molecule has 5 nitrogen and oxygen atoms in total. The molecule has 2 aromatic carbocycles. The van der Waals surface area contributed by atoms with E-state index >= 15 is 0 Å². The van der Waals surface area contributed by atoms with Crippen molar-refractivity contribution in [3.63, 3.8) is 0 Å². The zero-order valence-corrected chi connectivity index (χ0v) is 17.7. The van der Waals surface area contributed by atoms with Gasteiger partial charge >= 0.3 is 0 Å². The van der Waals surface area contributed by atoms with Crippen LogP contribution in [0, 0.1) is 5.92 Å². The lowest BCUT2D eigenvalue weighted by atomic mass is 10.00. The summed E-state index contributed by atoms with van der Waals surface area (Å²) in [5.41, 5.74) is 2.70. The largest absolute Gasteiger partial charge is 0.497 e. The number of carbonyl (C=O) groups excluding carboxylic acids is 1. The van der Waals surface area contributed by atoms with E-state index in [1.165, 1.54) is 6.42 Å². The molecule has 1 aromatic heterocycles. The van der Waals surface area contributed by atoms with Crippen LogP contribution in [0.3, 0.4) is 0 Å². The second kappa shape index (κ2) is 9.16. The van der Waals surface area contributed by atoms with E-state index in [0.29, 0.717) is 18.0 Å². The van der Waals surface area contributed by atoms with Crippen LogP contribution in [-0.4, -0.2) is 37.6 Å². The zero-order valence-electron chi connectivity index (χ0n) is 17.7. The molecule has 0 aliphatic carbocycles. The number of benzene rings is 2. The van der Waals surface area contributed by atoms with E-state index < -0.39 is 0 Å². The van der Waals surface area contributed by atoms with E-state index in [0.717, 1.165) is 54.0 Å². The minimum Gasteiger partial charge on any atom is -0.497 e. The topological polar surface area (TPSA) is 54.5 Å². The number of methoxy groups -OCH3 is 1. The first kappa shape index (κ1) is 20.2. The molecule has 0 bridgehead atoms. The number of para-hydroxylation sites is 1. The highest BCUT2D eigenvalue weighted by atomic mass is 16.5. The molecule has 3 aromatic rings. The van der Waals surface area contributed by atoms with Crippen LogP contribution < -0.4 is 15.0 Å². The number of anilines is 1. The summed E-state index contributed by atoms with van der Waals surface area (Å²) < 4.78 is 5.28. The Morgan fingerprint density at radius 1 is 1.20 bits per heavy atom. The highest BCUT2D eigenvalue weighted by Gasteiger charge is 2.20. The van der Waals surface area contributed by atoms with Crippen LogP contribution in [0.25, 0.3) is 10.9 Å². The van der Waals surface area contributed by atoms with Gasteiger partial charge in [0.15, 0.2) is 0 Å². The molecule has 0 unspecified atom stereocenters. The highest BCUT2D eigenvalue weighted by Crippen LogP contribution is 2.26. The van der Waals surface area contributed by atoms with Crippen molar-refractivity contribution in [2.45, 2.75) is 26.2 Å². The first-order chi connectivity index (χ1) is 14.6. The number of fused-ring (bicyclic) bond motifs is 1. The maximum atomic E-state index is 13.1. The van der Waals surface area contributed by atoms with Crippen LogP contribution in [-0.2, 0) is 6.42 Å². The van der Waals surface area contributed by atoms with Crippen molar-refractivity contribution in [3.8, 4) is 5.75 Å². The highest BCUT2D eigenvalue weighted by molar-refractivity contribution is 6.07. The fraction of sp³-hybridized carbons (Fsp3) is 0.360. The number of pyridine rings is 1. The third-order valence-electron chi connectivity index (χ3n) is 5.76. The second-order valence-corrected chi connectivity index (χ2v) is 8.10. The third-order valence-corrected chi connectivity index (χ3v) is 5.76. The predicted molar refractivity (Wildman–Crippen MR) is 121 cm³/mol. The number of ether oxygens (including phenoxy) is 1. The lowest BCUT2D eigenvalue weighted by Gasteiger charge is -2.32. The van der Waals surface area contributed by atoms with Crippen molar-refractivity contribution in [2.24, 2.45) is 5.92 Å². The van der Waals surface area contributed by atoms with Gasteiger partial charge in [0.05, 0.1) is 18.2 Å². The van der Waals surface area contributed by atoms with E-state index in [2.05, 4.69) is 17.1 Å². The average Bonchev–Trinajstić information content (AvgIpc) is 2.78. The SMILES string of the molecule is COc1cccc(CCNC(=O)c2cc(N3CCC[C@@H](C)C3)nc3ccccc23)c1. The minimum atomic E-state index is -0.0530. The number of rotatable bonds is 6. The molecule has 1 N–H and O–H groups in total. The maximum Gasteiger partial charge on any atom is 0.252 e. The van der Waals surface area contributed by atoms with Crippen LogP contribution in [0.1, 0.15) is 35.7 Å².